The van der Waals surface area contributed by atoms with Gasteiger partial charge in [-0.25, -0.2) is 4.98 Å². The Hall–Kier alpha value is -9.05. The lowest BCUT2D eigenvalue weighted by molar-refractivity contribution is -0.142. The second-order valence-electron chi connectivity index (χ2n) is 26.0. The van der Waals surface area contributed by atoms with Gasteiger partial charge in [0.15, 0.2) is 0 Å². The SMILES string of the molecule is CC[C@H](C)[C@H](N)C1=N[C@H](C(=O)N[C@@H](CC(C)C)C(=O)N[C@H](CCC(=O)O)C(=O)N[C@H](C(=O)NC2CCCCNC(=O)[C@H](CC(N)=O)NC(=O)C(CC(=O)O)NC(=O)[C@H](Cc3cnc[nH]3)NC(=O)[C@@H](Cc3ccccc3)NC(=O)[C@H]([C@@H](C)CC)NC(=O)[C@@H](CCCN)NC2=O)[C@@H](C)CC)CS1. The number of carbonyl (C=O) groups excluding carboxylic acids is 12. The molecule has 3 heterocycles. The maximum Gasteiger partial charge on any atom is 0.305 e. The molecular formula is C66H103N17O16S. The van der Waals surface area contributed by atoms with E-state index in [0.717, 1.165) is 6.42 Å². The number of primary amides is 1. The number of carboxylic acid groups (broad SMARTS) is 2. The fourth-order valence-electron chi connectivity index (χ4n) is 10.9. The van der Waals surface area contributed by atoms with E-state index in [1.54, 1.807) is 58.0 Å². The molecular weight excluding hydrogens is 1320 g/mol. The van der Waals surface area contributed by atoms with Crippen LogP contribution in [0.2, 0.25) is 0 Å². The Morgan fingerprint density at radius 1 is 0.660 bits per heavy atom. The van der Waals surface area contributed by atoms with Crippen molar-refractivity contribution in [2.24, 2.45) is 45.9 Å². The molecule has 33 nitrogen and oxygen atoms in total. The van der Waals surface area contributed by atoms with Gasteiger partial charge in [0.05, 0.1) is 30.3 Å². The number of aliphatic carboxylic acids is 2. The Bertz CT molecular complexity index is 3160. The van der Waals surface area contributed by atoms with Gasteiger partial charge >= 0.3 is 11.9 Å². The molecule has 15 atom stereocenters. The van der Waals surface area contributed by atoms with Gasteiger partial charge in [0.25, 0.3) is 0 Å². The molecule has 2 aromatic rings. The van der Waals surface area contributed by atoms with Crippen molar-refractivity contribution in [3.8, 4) is 0 Å². The highest BCUT2D eigenvalue weighted by molar-refractivity contribution is 8.14. The quantitative estimate of drug-likeness (QED) is 0.0401. The molecule has 20 N–H and O–H groups in total. The minimum Gasteiger partial charge on any atom is -0.481 e. The molecule has 2 aliphatic rings. The number of amides is 12. The van der Waals surface area contributed by atoms with Crippen LogP contribution in [0.3, 0.4) is 0 Å². The Labute approximate surface area is 586 Å². The molecule has 1 fully saturated rings. The van der Waals surface area contributed by atoms with E-state index in [2.05, 4.69) is 73.4 Å². The summed E-state index contributed by atoms with van der Waals surface area (Å²) in [5.41, 5.74) is 18.7. The van der Waals surface area contributed by atoms with Crippen LogP contribution in [-0.2, 0) is 80.0 Å². The smallest absolute Gasteiger partial charge is 0.305 e. The number of carbonyl (C=O) groups is 14. The number of aliphatic imine (C=N–C) groups is 1. The van der Waals surface area contributed by atoms with E-state index >= 15 is 0 Å². The minimum atomic E-state index is -1.94. The van der Waals surface area contributed by atoms with Crippen LogP contribution in [0.1, 0.15) is 150 Å². The van der Waals surface area contributed by atoms with Crippen LogP contribution in [0.15, 0.2) is 47.8 Å². The normalized spacial score (nSPS) is 23.1. The number of rotatable bonds is 31. The van der Waals surface area contributed by atoms with Crippen LogP contribution in [0, 0.1) is 23.7 Å². The molecule has 1 aromatic heterocycles. The molecule has 12 amide bonds. The fourth-order valence-corrected chi connectivity index (χ4v) is 12.0. The van der Waals surface area contributed by atoms with Gasteiger partial charge in [-0.05, 0) is 80.7 Å². The molecule has 2 unspecified atom stereocenters. The molecule has 2 aliphatic heterocycles. The summed E-state index contributed by atoms with van der Waals surface area (Å²) in [6.45, 7) is 14.1. The van der Waals surface area contributed by atoms with Crippen molar-refractivity contribution in [1.29, 1.82) is 0 Å². The summed E-state index contributed by atoms with van der Waals surface area (Å²) in [5.74, 6) is -15.4. The van der Waals surface area contributed by atoms with E-state index in [1.165, 1.54) is 24.3 Å². The number of H-pyrrole nitrogens is 1. The Kier molecular flexibility index (Phi) is 35.1. The molecule has 1 aromatic carbocycles. The van der Waals surface area contributed by atoms with Crippen molar-refractivity contribution in [2.45, 2.75) is 224 Å². The van der Waals surface area contributed by atoms with E-state index in [4.69, 9.17) is 17.2 Å². The van der Waals surface area contributed by atoms with Gasteiger partial charge < -0.3 is 90.9 Å². The zero-order valence-corrected chi connectivity index (χ0v) is 59.0. The number of carboxylic acids is 2. The maximum atomic E-state index is 14.9. The highest BCUT2D eigenvalue weighted by Gasteiger charge is 2.40. The second kappa shape index (κ2) is 42.1. The summed E-state index contributed by atoms with van der Waals surface area (Å²) in [6, 6.07) is -8.34. The Balaban J connectivity index is 1.77. The minimum absolute atomic E-state index is 0.00117. The first-order valence-corrected chi connectivity index (χ1v) is 35.1. The van der Waals surface area contributed by atoms with Crippen molar-refractivity contribution < 1.29 is 77.3 Å². The van der Waals surface area contributed by atoms with Gasteiger partial charge in [0.1, 0.15) is 66.5 Å². The third-order valence-corrected chi connectivity index (χ3v) is 18.6. The van der Waals surface area contributed by atoms with Crippen LogP contribution in [0.4, 0.5) is 0 Å². The van der Waals surface area contributed by atoms with Crippen LogP contribution in [-0.4, -0.2) is 199 Å². The largest absolute Gasteiger partial charge is 0.481 e. The maximum absolute atomic E-state index is 14.9. The third kappa shape index (κ3) is 27.6. The van der Waals surface area contributed by atoms with E-state index in [-0.39, 0.29) is 94.9 Å². The summed E-state index contributed by atoms with van der Waals surface area (Å²) in [7, 11) is 0. The monoisotopic (exact) mass is 1420 g/mol. The Morgan fingerprint density at radius 2 is 1.26 bits per heavy atom. The molecule has 34 heteroatoms. The van der Waals surface area contributed by atoms with Gasteiger partial charge in [-0.1, -0.05) is 105 Å². The van der Waals surface area contributed by atoms with E-state index < -0.39 is 193 Å². The first kappa shape index (κ1) is 83.4. The number of thioether (sulfide) groups is 1. The van der Waals surface area contributed by atoms with Crippen molar-refractivity contribution in [2.75, 3.05) is 18.8 Å². The third-order valence-electron chi connectivity index (χ3n) is 17.5. The van der Waals surface area contributed by atoms with Crippen molar-refractivity contribution >= 4 is 99.6 Å². The number of nitrogens with zero attached hydrogens (tertiary/aromatic N) is 2. The zero-order valence-electron chi connectivity index (χ0n) is 58.2. The van der Waals surface area contributed by atoms with Crippen LogP contribution in [0.5, 0.6) is 0 Å². The zero-order chi connectivity index (χ0) is 74.3. The lowest BCUT2D eigenvalue weighted by Gasteiger charge is -2.30. The van der Waals surface area contributed by atoms with Gasteiger partial charge in [0, 0.05) is 43.5 Å². The first-order chi connectivity index (χ1) is 47.4. The topological polar surface area (TPSA) is 531 Å². The average Bonchev–Trinajstić information content (AvgIpc) is 1.37. The van der Waals surface area contributed by atoms with Crippen molar-refractivity contribution in [3.05, 3.63) is 54.1 Å². The van der Waals surface area contributed by atoms with Crippen molar-refractivity contribution in [3.63, 3.8) is 0 Å². The van der Waals surface area contributed by atoms with Gasteiger partial charge in [-0.2, -0.15) is 0 Å². The van der Waals surface area contributed by atoms with Crippen molar-refractivity contribution in [1.82, 2.24) is 68.5 Å². The number of nitrogens with one attached hydrogen (secondary N) is 12. The fraction of sp³-hybridized carbons (Fsp3) is 0.636. The molecule has 1 saturated heterocycles. The van der Waals surface area contributed by atoms with E-state index in [9.17, 15) is 77.3 Å². The van der Waals surface area contributed by atoms with Crippen LogP contribution >= 0.6 is 11.8 Å². The summed E-state index contributed by atoms with van der Waals surface area (Å²) >= 11 is 1.35. The standard InChI is InChI=1S/C66H103N17O16S/c1-9-35(6)52(69)66-81-48(32-100-66)63(97)76-43(26-34(4)5)59(93)74-42(22-23-50(85)86)58(92)83-53(36(7)10-2)64(98)75-40-20-15-16-25-71-55(89)46(29-49(68)84)78-62(96)47(30-51(87)88)79-61(95)45(28-39-31-70-33-72-39)77-60(94)44(27-38-18-13-12-14-19-38)80-65(99)54(37(8)11-3)82-57(91)41(21-17-24-67)73-56(40)90/h12-14,18-19,31,33-37,40-48,52-54H,9-11,15-17,20-30,32,67,69H2,1-8H3,(H2,68,84)(H,70,72)(H,71,89)(H,73,90)(H,74,93)(H,75,98)(H,76,97)(H,77,94)(H,78,96)(H,79,95)(H,80,99)(H,82,91)(H,83,92)(H,85,86)(H,87,88)/t35-,36-,37-,40?,41+,42+,43-,44+,45-,46-,47?,48-,52-,53-,54-/m0/s1. The Morgan fingerprint density at radius 3 is 1.85 bits per heavy atom. The molecule has 0 bridgehead atoms. The van der Waals surface area contributed by atoms with E-state index in [0.29, 0.717) is 16.3 Å². The summed E-state index contributed by atoms with van der Waals surface area (Å²) in [4.78, 5) is 207. The number of hydrogen-bond donors (Lipinski definition) is 17. The number of benzene rings is 1. The number of imidazole rings is 1. The summed E-state index contributed by atoms with van der Waals surface area (Å²) in [5, 5.41) is 49.1. The van der Waals surface area contributed by atoms with Crippen LogP contribution < -0.4 is 75.7 Å². The molecule has 0 spiro atoms. The summed E-state index contributed by atoms with van der Waals surface area (Å²) in [6.07, 6.45) is 0.368. The van der Waals surface area contributed by atoms with E-state index in [1.807, 2.05) is 27.7 Å². The molecule has 0 radical (unpaired) electrons. The predicted molar refractivity (Wildman–Crippen MR) is 369 cm³/mol. The first-order valence-electron chi connectivity index (χ1n) is 34.1. The number of aromatic nitrogens is 2. The lowest BCUT2D eigenvalue weighted by atomic mass is 9.96. The molecule has 554 valence electrons. The highest BCUT2D eigenvalue weighted by Crippen LogP contribution is 2.25. The van der Waals surface area contributed by atoms with Gasteiger partial charge in [-0.15, -0.1) is 11.8 Å². The number of hydrogen-bond acceptors (Lipinski definition) is 19. The average molecular weight is 1420 g/mol. The summed E-state index contributed by atoms with van der Waals surface area (Å²) < 4.78 is 0. The number of nitrogens with two attached hydrogens (primary N) is 3. The lowest BCUT2D eigenvalue weighted by Crippen LogP contribution is -2.62. The molecule has 4 rings (SSSR count). The highest BCUT2D eigenvalue weighted by atomic mass is 32.2. The molecule has 0 aliphatic carbocycles. The van der Waals surface area contributed by atoms with Gasteiger partial charge in [0.2, 0.25) is 70.9 Å². The molecule has 0 saturated carbocycles. The second-order valence-corrected chi connectivity index (χ2v) is 27.0. The van der Waals surface area contributed by atoms with Crippen LogP contribution in [0.25, 0.3) is 0 Å². The number of aromatic amines is 1. The predicted octanol–water partition coefficient (Wildman–Crippen LogP) is -1.68. The molecule has 100 heavy (non-hydrogen) atoms. The van der Waals surface area contributed by atoms with Gasteiger partial charge in [-0.3, -0.25) is 72.1 Å².